The van der Waals surface area contributed by atoms with Gasteiger partial charge in [0.05, 0.1) is 6.61 Å². The van der Waals surface area contributed by atoms with Crippen LogP contribution in [-0.4, -0.2) is 13.3 Å². The molecule has 50 valence electrons. The van der Waals surface area contributed by atoms with E-state index in [-0.39, 0.29) is 6.61 Å². The lowest BCUT2D eigenvalue weighted by Gasteiger charge is -2.00. The van der Waals surface area contributed by atoms with Gasteiger partial charge in [-0.3, -0.25) is 4.57 Å². The van der Waals surface area contributed by atoms with Crippen LogP contribution in [0.1, 0.15) is 13.3 Å². The van der Waals surface area contributed by atoms with E-state index in [1.54, 1.807) is 0 Å². The van der Waals surface area contributed by atoms with Crippen LogP contribution in [0.3, 0.4) is 0 Å². The Morgan fingerprint density at radius 1 is 1.75 bits per heavy atom. The Morgan fingerprint density at radius 2 is 2.25 bits per heavy atom. The predicted molar refractivity (Wildman–Crippen MR) is 30.9 cm³/mol. The third kappa shape index (κ3) is 6.12. The van der Waals surface area contributed by atoms with E-state index < -0.39 is 7.68 Å². The summed E-state index contributed by atoms with van der Waals surface area (Å²) in [6.07, 6.45) is 0.696. The zero-order valence-corrected chi connectivity index (χ0v) is 5.95. The fourth-order valence-corrected chi connectivity index (χ4v) is 0.763. The van der Waals surface area contributed by atoms with Crippen LogP contribution in [0.2, 0.25) is 0 Å². The van der Waals surface area contributed by atoms with Crippen LogP contribution in [0.15, 0.2) is 0 Å². The molecule has 1 atom stereocenters. The first-order valence-electron chi connectivity index (χ1n) is 2.48. The lowest BCUT2D eigenvalue weighted by molar-refractivity contribution is 0.291. The minimum absolute atomic E-state index is 0.240. The second-order valence-corrected chi connectivity index (χ2v) is 3.33. The number of hydrogen-bond donors (Lipinski definition) is 0. The van der Waals surface area contributed by atoms with E-state index in [2.05, 4.69) is 4.52 Å². The molecule has 0 aliphatic heterocycles. The van der Waals surface area contributed by atoms with Gasteiger partial charge in [0.1, 0.15) is 0 Å². The quantitative estimate of drug-likeness (QED) is 0.561. The minimum Gasteiger partial charge on any atom is -0.306 e. The van der Waals surface area contributed by atoms with Crippen molar-refractivity contribution >= 4 is 7.68 Å². The molecule has 8 heavy (non-hydrogen) atoms. The lowest BCUT2D eigenvalue weighted by atomic mass is 10.5. The molecule has 0 bridgehead atoms. The van der Waals surface area contributed by atoms with E-state index in [4.69, 9.17) is 0 Å². The zero-order valence-electron chi connectivity index (χ0n) is 5.06. The van der Waals surface area contributed by atoms with Crippen molar-refractivity contribution in [2.45, 2.75) is 13.3 Å². The summed E-state index contributed by atoms with van der Waals surface area (Å²) in [5.41, 5.74) is 0. The largest absolute Gasteiger partial charge is 0.364 e. The van der Waals surface area contributed by atoms with Crippen molar-refractivity contribution in [3.63, 3.8) is 0 Å². The topological polar surface area (TPSA) is 26.3 Å². The van der Waals surface area contributed by atoms with Crippen LogP contribution in [0.4, 0.5) is 4.20 Å². The van der Waals surface area contributed by atoms with Crippen LogP contribution < -0.4 is 0 Å². The maximum atomic E-state index is 11.9. The van der Waals surface area contributed by atoms with Gasteiger partial charge in [0.15, 0.2) is 0 Å². The Balaban J connectivity index is 3.26. The maximum Gasteiger partial charge on any atom is 0.364 e. The van der Waals surface area contributed by atoms with E-state index in [1.165, 1.54) is 0 Å². The van der Waals surface area contributed by atoms with Gasteiger partial charge in [-0.2, -0.15) is 4.20 Å². The molecule has 2 nitrogen and oxygen atoms in total. The molecule has 0 saturated heterocycles. The monoisotopic (exact) mass is 140 g/mol. The van der Waals surface area contributed by atoms with Gasteiger partial charge in [0, 0.05) is 6.66 Å². The highest BCUT2D eigenvalue weighted by Crippen LogP contribution is 2.43. The van der Waals surface area contributed by atoms with Gasteiger partial charge >= 0.3 is 7.68 Å². The molecular formula is C4H10FO2P. The summed E-state index contributed by atoms with van der Waals surface area (Å²) in [6, 6.07) is 0. The van der Waals surface area contributed by atoms with E-state index in [1.807, 2.05) is 6.92 Å². The zero-order chi connectivity index (χ0) is 6.62. The number of rotatable bonds is 3. The van der Waals surface area contributed by atoms with Crippen molar-refractivity contribution in [1.29, 1.82) is 0 Å². The van der Waals surface area contributed by atoms with Crippen molar-refractivity contribution in [2.75, 3.05) is 13.3 Å². The number of hydrogen-bond acceptors (Lipinski definition) is 2. The van der Waals surface area contributed by atoms with Crippen LogP contribution in [-0.2, 0) is 9.09 Å². The van der Waals surface area contributed by atoms with Gasteiger partial charge in [-0.25, -0.2) is 0 Å². The average Bonchev–Trinajstić information content (AvgIpc) is 1.59. The van der Waals surface area contributed by atoms with Crippen molar-refractivity contribution in [3.8, 4) is 0 Å². The molecule has 0 rings (SSSR count). The van der Waals surface area contributed by atoms with E-state index >= 15 is 0 Å². The van der Waals surface area contributed by atoms with Gasteiger partial charge in [0.25, 0.3) is 0 Å². The van der Waals surface area contributed by atoms with Crippen molar-refractivity contribution in [3.05, 3.63) is 0 Å². The first kappa shape index (κ1) is 8.12. The maximum absolute atomic E-state index is 11.9. The Kier molecular flexibility index (Phi) is 3.25. The van der Waals surface area contributed by atoms with E-state index in [9.17, 15) is 8.76 Å². The molecule has 4 heteroatoms. The molecule has 0 aromatic carbocycles. The molecule has 0 heterocycles. The van der Waals surface area contributed by atoms with Crippen molar-refractivity contribution < 1.29 is 13.3 Å². The summed E-state index contributed by atoms with van der Waals surface area (Å²) in [6.45, 7) is 3.03. The van der Waals surface area contributed by atoms with Crippen LogP contribution in [0.25, 0.3) is 0 Å². The lowest BCUT2D eigenvalue weighted by Crippen LogP contribution is -1.84. The minimum atomic E-state index is -3.68. The van der Waals surface area contributed by atoms with E-state index in [0.717, 1.165) is 6.66 Å². The fourth-order valence-electron chi connectivity index (χ4n) is 0.254. The van der Waals surface area contributed by atoms with Crippen molar-refractivity contribution in [2.24, 2.45) is 0 Å². The molecule has 0 aromatic rings. The highest BCUT2D eigenvalue weighted by Gasteiger charge is 2.10. The summed E-state index contributed by atoms with van der Waals surface area (Å²) >= 11 is 0. The second-order valence-electron chi connectivity index (χ2n) is 1.58. The van der Waals surface area contributed by atoms with Crippen LogP contribution in [0, 0.1) is 0 Å². The Hall–Kier alpha value is 0.120. The Bertz CT molecular complexity index is 98.2. The van der Waals surface area contributed by atoms with Gasteiger partial charge in [-0.05, 0) is 6.42 Å². The molecule has 0 fully saturated rings. The molecule has 0 radical (unpaired) electrons. The molecular weight excluding hydrogens is 130 g/mol. The number of halogens is 1. The third-order valence-electron chi connectivity index (χ3n) is 0.526. The fraction of sp³-hybridized carbons (Fsp3) is 1.00. The first-order valence-corrected chi connectivity index (χ1v) is 4.44. The third-order valence-corrected chi connectivity index (χ3v) is 1.17. The van der Waals surface area contributed by atoms with Gasteiger partial charge in [-0.1, -0.05) is 6.92 Å². The van der Waals surface area contributed by atoms with Crippen LogP contribution >= 0.6 is 7.68 Å². The molecule has 0 aromatic heterocycles. The SMILES string of the molecule is CCCOP(C)(=O)F. The molecule has 0 saturated carbocycles. The second kappa shape index (κ2) is 3.21. The molecule has 0 N–H and O–H groups in total. The Morgan fingerprint density at radius 3 is 2.38 bits per heavy atom. The summed E-state index contributed by atoms with van der Waals surface area (Å²) in [4.78, 5) is 0. The average molecular weight is 140 g/mol. The van der Waals surface area contributed by atoms with Gasteiger partial charge in [-0.15, -0.1) is 0 Å². The molecule has 0 amide bonds. The van der Waals surface area contributed by atoms with E-state index in [0.29, 0.717) is 6.42 Å². The summed E-state index contributed by atoms with van der Waals surface area (Å²) in [5, 5.41) is 0. The smallest absolute Gasteiger partial charge is 0.306 e. The standard InChI is InChI=1S/C4H10FO2P/c1-3-4-7-8(2,5)6/h3-4H2,1-2H3. The summed E-state index contributed by atoms with van der Waals surface area (Å²) in [7, 11) is -3.68. The summed E-state index contributed by atoms with van der Waals surface area (Å²) < 4.78 is 26.3. The van der Waals surface area contributed by atoms with Crippen LogP contribution in [0.5, 0.6) is 0 Å². The molecule has 0 aliphatic rings. The summed E-state index contributed by atoms with van der Waals surface area (Å²) in [5.74, 6) is 0. The molecule has 1 unspecified atom stereocenters. The highest BCUT2D eigenvalue weighted by atomic mass is 31.2. The van der Waals surface area contributed by atoms with Gasteiger partial charge < -0.3 is 4.52 Å². The first-order chi connectivity index (χ1) is 3.56. The van der Waals surface area contributed by atoms with Crippen molar-refractivity contribution in [1.82, 2.24) is 0 Å². The molecule has 0 spiro atoms. The molecule has 0 aliphatic carbocycles. The van der Waals surface area contributed by atoms with Gasteiger partial charge in [0.2, 0.25) is 0 Å². The predicted octanol–water partition coefficient (Wildman–Crippen LogP) is 2.21. The Labute approximate surface area is 48.6 Å². The highest BCUT2D eigenvalue weighted by molar-refractivity contribution is 7.52. The normalized spacial score (nSPS) is 17.9.